The van der Waals surface area contributed by atoms with Crippen LogP contribution in [0.1, 0.15) is 0 Å². The van der Waals surface area contributed by atoms with Gasteiger partial charge in [0.1, 0.15) is 0 Å². The van der Waals surface area contributed by atoms with Crippen LogP contribution in [-0.2, 0) is 34.1 Å². The zero-order chi connectivity index (χ0) is 10.7. The molecule has 0 fully saturated rings. The molecular weight excluding hydrogens is 290 g/mol. The van der Waals surface area contributed by atoms with Gasteiger partial charge in [-0.1, -0.05) is 0 Å². The van der Waals surface area contributed by atoms with Gasteiger partial charge in [-0.2, -0.15) is 0 Å². The fourth-order valence-electron chi connectivity index (χ4n) is 0. The molecule has 0 aliphatic rings. The summed E-state index contributed by atoms with van der Waals surface area (Å²) in [6.07, 6.45) is -6.50. The van der Waals surface area contributed by atoms with Crippen molar-refractivity contribution in [3.63, 3.8) is 0 Å². The molecule has 0 aromatic heterocycles. The van der Waals surface area contributed by atoms with E-state index in [1.54, 1.807) is 0 Å². The predicted molar refractivity (Wildman–Crippen MR) is 21.4 cm³/mol. The number of carbonyl (C=O) groups is 3. The van der Waals surface area contributed by atoms with Gasteiger partial charge >= 0.3 is 40.3 Å². The molecule has 2 N–H and O–H groups in total. The molecule has 0 amide bonds. The maximum atomic E-state index is 8.56. The van der Waals surface area contributed by atoms with Gasteiger partial charge in [0.2, 0.25) is 0 Å². The van der Waals surface area contributed by atoms with Crippen molar-refractivity contribution in [3.8, 4) is 0 Å². The van der Waals surface area contributed by atoms with Crippen molar-refractivity contribution < 1.29 is 79.2 Å². The SMILES string of the molecule is O=C(O)O.O=C([O-])[O-].O=C([O-])[O-].[Mn+2].[Mn+2]. The largest absolute Gasteiger partial charge is 2.00 e. The van der Waals surface area contributed by atoms with Crippen LogP contribution in [-0.4, -0.2) is 28.7 Å². The van der Waals surface area contributed by atoms with Gasteiger partial charge < -0.3 is 40.2 Å². The van der Waals surface area contributed by atoms with Crippen LogP contribution in [0.15, 0.2) is 0 Å². The molecule has 0 atom stereocenters. The van der Waals surface area contributed by atoms with Crippen molar-refractivity contribution in [2.75, 3.05) is 0 Å². The van der Waals surface area contributed by atoms with Crippen LogP contribution >= 0.6 is 0 Å². The van der Waals surface area contributed by atoms with Crippen LogP contribution in [0.5, 0.6) is 0 Å². The van der Waals surface area contributed by atoms with E-state index in [9.17, 15) is 0 Å². The zero-order valence-corrected chi connectivity index (χ0v) is 8.37. The summed E-state index contributed by atoms with van der Waals surface area (Å²) in [5.74, 6) is 0. The van der Waals surface area contributed by atoms with Crippen molar-refractivity contribution in [1.82, 2.24) is 0 Å². The quantitative estimate of drug-likeness (QED) is 0.414. The predicted octanol–water partition coefficient (Wildman–Crippen LogP) is -4.68. The van der Waals surface area contributed by atoms with Crippen molar-refractivity contribution in [1.29, 1.82) is 0 Å². The van der Waals surface area contributed by atoms with Gasteiger partial charge in [0.05, 0.1) is 0 Å². The third kappa shape index (κ3) is 794. The number of hydrogen-bond donors (Lipinski definition) is 2. The summed E-state index contributed by atoms with van der Waals surface area (Å²) in [5.41, 5.74) is 0. The summed E-state index contributed by atoms with van der Waals surface area (Å²) in [6, 6.07) is 0. The van der Waals surface area contributed by atoms with Gasteiger partial charge in [0.15, 0.2) is 0 Å². The van der Waals surface area contributed by atoms with E-state index in [1.165, 1.54) is 0 Å². The van der Waals surface area contributed by atoms with Crippen molar-refractivity contribution in [3.05, 3.63) is 0 Å². The van der Waals surface area contributed by atoms with Gasteiger partial charge in [-0.3, -0.25) is 0 Å². The molecule has 0 aliphatic heterocycles. The minimum atomic E-state index is -2.33. The summed E-state index contributed by atoms with van der Waals surface area (Å²) < 4.78 is 0. The van der Waals surface area contributed by atoms with E-state index in [1.807, 2.05) is 0 Å². The van der Waals surface area contributed by atoms with Crippen LogP contribution in [0, 0.1) is 0 Å². The van der Waals surface area contributed by atoms with Crippen LogP contribution in [0.2, 0.25) is 0 Å². The number of carbonyl (C=O) groups excluding carboxylic acids is 2. The first-order chi connectivity index (χ1) is 5.20. The minimum Gasteiger partial charge on any atom is -0.652 e. The van der Waals surface area contributed by atoms with E-state index < -0.39 is 18.5 Å². The average molecular weight is 292 g/mol. The summed E-state index contributed by atoms with van der Waals surface area (Å²) in [4.78, 5) is 25.2. The normalized spacial score (nSPS) is 5.14. The first-order valence-corrected chi connectivity index (χ1v) is 1.88. The molecule has 9 nitrogen and oxygen atoms in total. The Morgan fingerprint density at radius 3 is 0.714 bits per heavy atom. The molecule has 0 heterocycles. The molecule has 0 saturated carbocycles. The molecule has 0 aromatic rings. The maximum absolute atomic E-state index is 8.56. The summed E-state index contributed by atoms with van der Waals surface area (Å²) >= 11 is 0. The average Bonchev–Trinajstić information content (AvgIpc) is 1.54. The molecule has 0 aromatic carbocycles. The topological polar surface area (TPSA) is 184 Å². The summed E-state index contributed by atoms with van der Waals surface area (Å²) in [7, 11) is 0. The van der Waals surface area contributed by atoms with E-state index in [4.69, 9.17) is 45.0 Å². The Kier molecular flexibility index (Phi) is 47.3. The van der Waals surface area contributed by atoms with E-state index in [0.717, 1.165) is 0 Å². The van der Waals surface area contributed by atoms with Gasteiger partial charge in [0, 0.05) is 0 Å². The van der Waals surface area contributed by atoms with Crippen LogP contribution in [0.3, 0.4) is 0 Å². The maximum Gasteiger partial charge on any atom is 2.00 e. The summed E-state index contributed by atoms with van der Waals surface area (Å²) in [5, 5.41) is 47.3. The number of carboxylic acid groups (broad SMARTS) is 6. The van der Waals surface area contributed by atoms with E-state index in [0.29, 0.717) is 0 Å². The Labute approximate surface area is 97.9 Å². The zero-order valence-electron chi connectivity index (χ0n) is 6.01. The van der Waals surface area contributed by atoms with Gasteiger partial charge in [0.25, 0.3) is 0 Å². The minimum absolute atomic E-state index is 0. The Bertz CT molecular complexity index is 116. The third-order valence-electron chi connectivity index (χ3n) is 0. The first-order valence-electron chi connectivity index (χ1n) is 1.88. The Morgan fingerprint density at radius 1 is 0.714 bits per heavy atom. The van der Waals surface area contributed by atoms with Crippen LogP contribution < -0.4 is 20.4 Å². The Morgan fingerprint density at radius 2 is 0.714 bits per heavy atom. The van der Waals surface area contributed by atoms with Crippen molar-refractivity contribution >= 4 is 18.5 Å². The molecule has 14 heavy (non-hydrogen) atoms. The molecule has 0 aliphatic carbocycles. The molecule has 11 heteroatoms. The third-order valence-corrected chi connectivity index (χ3v) is 0. The second kappa shape index (κ2) is 22.6. The monoisotopic (exact) mass is 292 g/mol. The Hall–Kier alpha value is -1.15. The van der Waals surface area contributed by atoms with E-state index in [2.05, 4.69) is 0 Å². The molecular formula is C3H2Mn2O9. The molecule has 0 saturated heterocycles. The van der Waals surface area contributed by atoms with E-state index >= 15 is 0 Å². The molecule has 0 bridgehead atoms. The number of hydrogen-bond acceptors (Lipinski definition) is 7. The van der Waals surface area contributed by atoms with Gasteiger partial charge in [-0.25, -0.2) is 4.79 Å². The second-order valence-corrected chi connectivity index (χ2v) is 0.783. The molecule has 82 valence electrons. The number of rotatable bonds is 0. The standard InChI is InChI=1S/3CH2O3.2Mn/c3*2-1(3)4;;/h3*(H2,2,3,4);;/q;;;2*+2/p-4. The molecule has 0 unspecified atom stereocenters. The van der Waals surface area contributed by atoms with Crippen LogP contribution in [0.25, 0.3) is 0 Å². The molecule has 0 rings (SSSR count). The summed E-state index contributed by atoms with van der Waals surface area (Å²) in [6.45, 7) is 0. The fourth-order valence-corrected chi connectivity index (χ4v) is 0. The van der Waals surface area contributed by atoms with Crippen molar-refractivity contribution in [2.24, 2.45) is 0 Å². The second-order valence-electron chi connectivity index (χ2n) is 0.783. The van der Waals surface area contributed by atoms with Gasteiger partial charge in [-0.05, 0) is 12.3 Å². The van der Waals surface area contributed by atoms with Crippen molar-refractivity contribution in [2.45, 2.75) is 0 Å². The van der Waals surface area contributed by atoms with Gasteiger partial charge in [-0.15, -0.1) is 0 Å². The van der Waals surface area contributed by atoms with E-state index in [-0.39, 0.29) is 34.1 Å². The fraction of sp³-hybridized carbons (Fsp3) is 0. The first kappa shape index (κ1) is 29.3. The molecule has 0 spiro atoms. The molecule has 2 radical (unpaired) electrons. The Balaban J connectivity index is -0.0000000270. The smallest absolute Gasteiger partial charge is 0.652 e. The van der Waals surface area contributed by atoms with Crippen LogP contribution in [0.4, 0.5) is 14.4 Å².